The predicted molar refractivity (Wildman–Crippen MR) is 84.1 cm³/mol. The van der Waals surface area contributed by atoms with Crippen LogP contribution in [0.5, 0.6) is 0 Å². The van der Waals surface area contributed by atoms with Crippen molar-refractivity contribution in [2.75, 3.05) is 19.0 Å². The minimum atomic E-state index is -0.523. The zero-order valence-electron chi connectivity index (χ0n) is 13.3. The number of hydrogen-bond acceptors (Lipinski definition) is 5. The lowest BCUT2D eigenvalue weighted by Crippen LogP contribution is -2.26. The average Bonchev–Trinajstić information content (AvgIpc) is 2.92. The molecule has 2 amide bonds. The molecule has 0 fully saturated rings. The van der Waals surface area contributed by atoms with E-state index in [1.165, 1.54) is 0 Å². The van der Waals surface area contributed by atoms with Crippen LogP contribution in [0.25, 0.3) is 0 Å². The van der Waals surface area contributed by atoms with E-state index >= 15 is 0 Å². The molecule has 122 valence electrons. The molecule has 0 unspecified atom stereocenters. The fourth-order valence-electron chi connectivity index (χ4n) is 2.01. The van der Waals surface area contributed by atoms with Crippen molar-refractivity contribution in [3.8, 4) is 0 Å². The molecule has 0 radical (unpaired) electrons. The van der Waals surface area contributed by atoms with Crippen LogP contribution in [0.15, 0.2) is 34.9 Å². The van der Waals surface area contributed by atoms with Crippen LogP contribution in [-0.2, 0) is 11.3 Å². The number of nitrogens with one attached hydrogen (secondary N) is 1. The quantitative estimate of drug-likeness (QED) is 0.916. The SMILES string of the molecule is CCOC(=O)Nc1ccc(C(=O)N(C)Cc2cc(C)on2)cc1. The minimum absolute atomic E-state index is 0.145. The van der Waals surface area contributed by atoms with Crippen LogP contribution in [0.4, 0.5) is 10.5 Å². The summed E-state index contributed by atoms with van der Waals surface area (Å²) in [6, 6.07) is 8.38. The Hall–Kier alpha value is -2.83. The molecule has 2 aromatic rings. The lowest BCUT2D eigenvalue weighted by molar-refractivity contribution is 0.0782. The first-order valence-corrected chi connectivity index (χ1v) is 7.21. The Morgan fingerprint density at radius 1 is 1.30 bits per heavy atom. The van der Waals surface area contributed by atoms with Crippen molar-refractivity contribution in [1.29, 1.82) is 0 Å². The van der Waals surface area contributed by atoms with Gasteiger partial charge in [-0.25, -0.2) is 4.79 Å². The molecule has 0 aliphatic carbocycles. The zero-order valence-corrected chi connectivity index (χ0v) is 13.3. The molecule has 0 saturated heterocycles. The van der Waals surface area contributed by atoms with E-state index in [9.17, 15) is 9.59 Å². The minimum Gasteiger partial charge on any atom is -0.450 e. The van der Waals surface area contributed by atoms with Gasteiger partial charge in [0, 0.05) is 24.4 Å². The highest BCUT2D eigenvalue weighted by atomic mass is 16.5. The number of nitrogens with zero attached hydrogens (tertiary/aromatic N) is 2. The van der Waals surface area contributed by atoms with E-state index in [-0.39, 0.29) is 5.91 Å². The average molecular weight is 317 g/mol. The molecule has 0 aliphatic heterocycles. The number of amides is 2. The lowest BCUT2D eigenvalue weighted by Gasteiger charge is -2.15. The summed E-state index contributed by atoms with van der Waals surface area (Å²) in [7, 11) is 1.69. The fraction of sp³-hybridized carbons (Fsp3) is 0.312. The Morgan fingerprint density at radius 2 is 2.00 bits per heavy atom. The molecular weight excluding hydrogens is 298 g/mol. The summed E-state index contributed by atoms with van der Waals surface area (Å²) < 4.78 is 9.77. The van der Waals surface area contributed by atoms with Crippen molar-refractivity contribution >= 4 is 17.7 Å². The van der Waals surface area contributed by atoms with Gasteiger partial charge in [-0.1, -0.05) is 5.16 Å². The Bertz CT molecular complexity index is 679. The van der Waals surface area contributed by atoms with Gasteiger partial charge in [0.15, 0.2) is 0 Å². The van der Waals surface area contributed by atoms with Gasteiger partial charge in [0.25, 0.3) is 5.91 Å². The number of carbonyl (C=O) groups is 2. The van der Waals surface area contributed by atoms with Crippen LogP contribution < -0.4 is 5.32 Å². The van der Waals surface area contributed by atoms with Crippen LogP contribution in [0.2, 0.25) is 0 Å². The first-order chi connectivity index (χ1) is 11.0. The van der Waals surface area contributed by atoms with Gasteiger partial charge in [0.05, 0.1) is 13.2 Å². The number of ether oxygens (including phenoxy) is 1. The van der Waals surface area contributed by atoms with Crippen molar-refractivity contribution in [2.24, 2.45) is 0 Å². The highest BCUT2D eigenvalue weighted by Gasteiger charge is 2.14. The Morgan fingerprint density at radius 3 is 2.57 bits per heavy atom. The highest BCUT2D eigenvalue weighted by molar-refractivity contribution is 5.95. The summed E-state index contributed by atoms with van der Waals surface area (Å²) in [6.45, 7) is 4.19. The number of aryl methyl sites for hydroxylation is 1. The number of anilines is 1. The van der Waals surface area contributed by atoms with E-state index in [0.29, 0.717) is 35.9 Å². The largest absolute Gasteiger partial charge is 0.450 e. The molecule has 7 heteroatoms. The van der Waals surface area contributed by atoms with E-state index in [0.717, 1.165) is 0 Å². The Labute approximate surface area is 134 Å². The van der Waals surface area contributed by atoms with Gasteiger partial charge in [-0.05, 0) is 38.1 Å². The van der Waals surface area contributed by atoms with Crippen molar-refractivity contribution in [3.63, 3.8) is 0 Å². The zero-order chi connectivity index (χ0) is 16.8. The lowest BCUT2D eigenvalue weighted by atomic mass is 10.2. The van der Waals surface area contributed by atoms with Gasteiger partial charge in [-0.15, -0.1) is 0 Å². The monoisotopic (exact) mass is 317 g/mol. The molecule has 2 rings (SSSR count). The van der Waals surface area contributed by atoms with Crippen LogP contribution in [0.3, 0.4) is 0 Å². The number of rotatable bonds is 5. The normalized spacial score (nSPS) is 10.2. The number of carbonyl (C=O) groups excluding carboxylic acids is 2. The Balaban J connectivity index is 1.97. The van der Waals surface area contributed by atoms with E-state index in [2.05, 4.69) is 10.5 Å². The molecule has 1 aromatic carbocycles. The summed E-state index contributed by atoms with van der Waals surface area (Å²) >= 11 is 0. The van der Waals surface area contributed by atoms with E-state index in [1.807, 2.05) is 0 Å². The molecule has 1 N–H and O–H groups in total. The third-order valence-corrected chi connectivity index (χ3v) is 3.08. The van der Waals surface area contributed by atoms with E-state index < -0.39 is 6.09 Å². The topological polar surface area (TPSA) is 84.7 Å². The molecule has 7 nitrogen and oxygen atoms in total. The van der Waals surface area contributed by atoms with Gasteiger partial charge in [-0.2, -0.15) is 0 Å². The van der Waals surface area contributed by atoms with Gasteiger partial charge in [0.2, 0.25) is 0 Å². The van der Waals surface area contributed by atoms with Crippen LogP contribution in [0, 0.1) is 6.92 Å². The maximum Gasteiger partial charge on any atom is 0.411 e. The van der Waals surface area contributed by atoms with Crippen LogP contribution in [0.1, 0.15) is 28.7 Å². The van der Waals surface area contributed by atoms with Crippen LogP contribution in [-0.4, -0.2) is 35.7 Å². The highest BCUT2D eigenvalue weighted by Crippen LogP contribution is 2.13. The standard InChI is InChI=1S/C16H19N3O4/c1-4-22-16(21)17-13-7-5-12(6-8-13)15(20)19(3)10-14-9-11(2)23-18-14/h5-9H,4,10H2,1-3H3,(H,17,21). The van der Waals surface area contributed by atoms with Gasteiger partial charge in [-0.3, -0.25) is 10.1 Å². The second-order valence-electron chi connectivity index (χ2n) is 5.01. The third kappa shape index (κ3) is 4.57. The summed E-state index contributed by atoms with van der Waals surface area (Å²) in [4.78, 5) is 25.2. The number of benzene rings is 1. The van der Waals surface area contributed by atoms with Gasteiger partial charge < -0.3 is 14.2 Å². The van der Waals surface area contributed by atoms with Gasteiger partial charge in [0.1, 0.15) is 11.5 Å². The maximum atomic E-state index is 12.3. The summed E-state index contributed by atoms with van der Waals surface area (Å²) in [6.07, 6.45) is -0.523. The molecule has 0 spiro atoms. The molecule has 0 atom stereocenters. The van der Waals surface area contributed by atoms with E-state index in [1.54, 1.807) is 56.1 Å². The molecule has 0 saturated carbocycles. The summed E-state index contributed by atoms with van der Waals surface area (Å²) in [5.74, 6) is 0.559. The molecule has 1 aromatic heterocycles. The van der Waals surface area contributed by atoms with Crippen molar-refractivity contribution in [3.05, 3.63) is 47.3 Å². The first kappa shape index (κ1) is 16.5. The molecule has 1 heterocycles. The third-order valence-electron chi connectivity index (χ3n) is 3.08. The van der Waals surface area contributed by atoms with Crippen molar-refractivity contribution < 1.29 is 18.8 Å². The van der Waals surface area contributed by atoms with Crippen molar-refractivity contribution in [2.45, 2.75) is 20.4 Å². The summed E-state index contributed by atoms with van der Waals surface area (Å²) in [5, 5.41) is 6.44. The molecular formula is C16H19N3O4. The smallest absolute Gasteiger partial charge is 0.411 e. The molecule has 23 heavy (non-hydrogen) atoms. The number of hydrogen-bond donors (Lipinski definition) is 1. The van der Waals surface area contributed by atoms with Crippen molar-refractivity contribution in [1.82, 2.24) is 10.1 Å². The van der Waals surface area contributed by atoms with Gasteiger partial charge >= 0.3 is 6.09 Å². The fourth-order valence-corrected chi connectivity index (χ4v) is 2.01. The van der Waals surface area contributed by atoms with Crippen LogP contribution >= 0.6 is 0 Å². The predicted octanol–water partition coefficient (Wildman–Crippen LogP) is 2.82. The molecule has 0 aliphatic rings. The second-order valence-corrected chi connectivity index (χ2v) is 5.01. The summed E-state index contributed by atoms with van der Waals surface area (Å²) in [5.41, 5.74) is 1.77. The Kier molecular flexibility index (Phi) is 5.35. The molecule has 0 bridgehead atoms. The maximum absolute atomic E-state index is 12.3. The first-order valence-electron chi connectivity index (χ1n) is 7.21. The van der Waals surface area contributed by atoms with E-state index in [4.69, 9.17) is 9.26 Å². The second kappa shape index (κ2) is 7.44. The number of aromatic nitrogens is 1.